The molecule has 1 aromatic carbocycles. The summed E-state index contributed by atoms with van der Waals surface area (Å²) in [6, 6.07) is 4.05. The first-order chi connectivity index (χ1) is 12.2. The van der Waals surface area contributed by atoms with Gasteiger partial charge in [-0.2, -0.15) is 0 Å². The smallest absolute Gasteiger partial charge is 0.201 e. The molecule has 1 aliphatic heterocycles. The van der Waals surface area contributed by atoms with Crippen LogP contribution in [0.1, 0.15) is 17.8 Å². The number of oxime groups is 1. The molecule has 1 fully saturated rings. The molecule has 10 heteroatoms. The standard InChI is InChI=1S/C15H18ClFN6O2/c16-11-5-10(1-2-12(11)17)20-15(21-24)14-13(22-25-23-14)8-19-7-9-3-4-18-6-9/h1-2,5,9,18-19,24H,3-4,6-8H2,(H,20,21). The monoisotopic (exact) mass is 368 g/mol. The van der Waals surface area contributed by atoms with E-state index in [1.165, 1.54) is 18.2 Å². The summed E-state index contributed by atoms with van der Waals surface area (Å²) in [7, 11) is 0. The molecule has 3 rings (SSSR count). The van der Waals surface area contributed by atoms with Crippen LogP contribution in [0, 0.1) is 11.7 Å². The Hall–Kier alpha value is -2.23. The van der Waals surface area contributed by atoms with Gasteiger partial charge in [-0.3, -0.25) is 0 Å². The van der Waals surface area contributed by atoms with Crippen molar-refractivity contribution in [2.24, 2.45) is 11.1 Å². The molecule has 4 N–H and O–H groups in total. The largest absolute Gasteiger partial charge is 0.409 e. The van der Waals surface area contributed by atoms with Gasteiger partial charge >= 0.3 is 0 Å². The SMILES string of the molecule is O/N=C(/Nc1ccc(F)c(Cl)c1)c1nonc1CNCC1CCNC1. The van der Waals surface area contributed by atoms with E-state index in [-0.39, 0.29) is 16.6 Å². The molecule has 2 heterocycles. The fourth-order valence-corrected chi connectivity index (χ4v) is 2.81. The van der Waals surface area contributed by atoms with Crippen LogP contribution in [-0.2, 0) is 6.54 Å². The highest BCUT2D eigenvalue weighted by Crippen LogP contribution is 2.20. The van der Waals surface area contributed by atoms with Crippen molar-refractivity contribution in [1.82, 2.24) is 20.9 Å². The highest BCUT2D eigenvalue weighted by atomic mass is 35.5. The Morgan fingerprint density at radius 2 is 2.36 bits per heavy atom. The van der Waals surface area contributed by atoms with E-state index in [4.69, 9.17) is 16.2 Å². The maximum atomic E-state index is 13.2. The van der Waals surface area contributed by atoms with E-state index in [1.807, 2.05) is 0 Å². The Labute approximate surface area is 148 Å². The average molecular weight is 369 g/mol. The van der Waals surface area contributed by atoms with Gasteiger partial charge in [0.15, 0.2) is 5.69 Å². The molecule has 1 saturated heterocycles. The zero-order valence-corrected chi connectivity index (χ0v) is 14.1. The van der Waals surface area contributed by atoms with Crippen LogP contribution >= 0.6 is 11.6 Å². The number of amidine groups is 1. The lowest BCUT2D eigenvalue weighted by atomic mass is 10.1. The van der Waals surface area contributed by atoms with Crippen LogP contribution in [0.3, 0.4) is 0 Å². The first-order valence-electron chi connectivity index (χ1n) is 7.84. The number of rotatable bonds is 6. The topological polar surface area (TPSA) is 108 Å². The molecule has 0 aliphatic carbocycles. The van der Waals surface area contributed by atoms with Crippen molar-refractivity contribution in [1.29, 1.82) is 0 Å². The Morgan fingerprint density at radius 3 is 3.08 bits per heavy atom. The van der Waals surface area contributed by atoms with Gasteiger partial charge in [0.25, 0.3) is 0 Å². The van der Waals surface area contributed by atoms with Crippen LogP contribution in [0.25, 0.3) is 0 Å². The summed E-state index contributed by atoms with van der Waals surface area (Å²) in [5, 5.41) is 29.5. The number of nitrogens with zero attached hydrogens (tertiary/aromatic N) is 3. The predicted molar refractivity (Wildman–Crippen MR) is 90.3 cm³/mol. The van der Waals surface area contributed by atoms with Crippen LogP contribution in [0.2, 0.25) is 5.02 Å². The Kier molecular flexibility index (Phi) is 5.79. The van der Waals surface area contributed by atoms with Crippen LogP contribution in [0.15, 0.2) is 28.0 Å². The van der Waals surface area contributed by atoms with E-state index in [1.54, 1.807) is 0 Å². The molecule has 8 nitrogen and oxygen atoms in total. The molecular formula is C15H18ClFN6O2. The Bertz CT molecular complexity index is 747. The number of halogens is 2. The number of nitrogens with one attached hydrogen (secondary N) is 3. The summed E-state index contributed by atoms with van der Waals surface area (Å²) in [5.41, 5.74) is 1.21. The van der Waals surface area contributed by atoms with Gasteiger partial charge in [0.1, 0.15) is 11.5 Å². The van der Waals surface area contributed by atoms with E-state index >= 15 is 0 Å². The number of hydrogen-bond acceptors (Lipinski definition) is 7. The van der Waals surface area contributed by atoms with Gasteiger partial charge in [0, 0.05) is 12.2 Å². The number of hydrogen-bond donors (Lipinski definition) is 4. The fourth-order valence-electron chi connectivity index (χ4n) is 2.63. The van der Waals surface area contributed by atoms with Crippen LogP contribution in [0.5, 0.6) is 0 Å². The average Bonchev–Trinajstić information content (AvgIpc) is 3.28. The molecule has 0 saturated carbocycles. The van der Waals surface area contributed by atoms with E-state index < -0.39 is 5.82 Å². The van der Waals surface area contributed by atoms with Gasteiger partial charge in [-0.1, -0.05) is 21.9 Å². The first kappa shape index (κ1) is 17.6. The van der Waals surface area contributed by atoms with Gasteiger partial charge in [-0.05, 0) is 55.3 Å². The third kappa shape index (κ3) is 4.44. The second-order valence-electron chi connectivity index (χ2n) is 5.75. The molecular weight excluding hydrogens is 351 g/mol. The maximum absolute atomic E-state index is 13.2. The van der Waals surface area contributed by atoms with Crippen LogP contribution in [-0.4, -0.2) is 41.0 Å². The molecule has 0 bridgehead atoms. The molecule has 0 spiro atoms. The minimum atomic E-state index is -0.538. The molecule has 1 aliphatic rings. The van der Waals surface area contributed by atoms with Crippen LogP contribution < -0.4 is 16.0 Å². The number of aromatic nitrogens is 2. The van der Waals surface area contributed by atoms with Gasteiger partial charge in [-0.15, -0.1) is 0 Å². The van der Waals surface area contributed by atoms with Crippen molar-refractivity contribution in [3.63, 3.8) is 0 Å². The maximum Gasteiger partial charge on any atom is 0.201 e. The molecule has 1 atom stereocenters. The van der Waals surface area contributed by atoms with Crippen molar-refractivity contribution in [2.75, 3.05) is 25.0 Å². The van der Waals surface area contributed by atoms with Gasteiger partial charge in [-0.25, -0.2) is 9.02 Å². The van der Waals surface area contributed by atoms with Gasteiger partial charge in [0.2, 0.25) is 5.84 Å². The third-order valence-electron chi connectivity index (χ3n) is 3.95. The lowest BCUT2D eigenvalue weighted by Gasteiger charge is -2.10. The Balaban J connectivity index is 1.64. The van der Waals surface area contributed by atoms with E-state index in [9.17, 15) is 9.60 Å². The van der Waals surface area contributed by atoms with Crippen molar-refractivity contribution >= 4 is 23.1 Å². The van der Waals surface area contributed by atoms with E-state index in [0.717, 1.165) is 26.1 Å². The zero-order chi connectivity index (χ0) is 17.6. The molecule has 1 unspecified atom stereocenters. The molecule has 25 heavy (non-hydrogen) atoms. The molecule has 1 aromatic heterocycles. The second-order valence-corrected chi connectivity index (χ2v) is 6.16. The number of anilines is 1. The van der Waals surface area contributed by atoms with Crippen molar-refractivity contribution in [2.45, 2.75) is 13.0 Å². The summed E-state index contributed by atoms with van der Waals surface area (Å²) in [4.78, 5) is 0. The predicted octanol–water partition coefficient (Wildman–Crippen LogP) is 1.81. The zero-order valence-electron chi connectivity index (χ0n) is 13.3. The normalized spacial score (nSPS) is 17.8. The van der Waals surface area contributed by atoms with Crippen molar-refractivity contribution in [3.05, 3.63) is 40.4 Å². The lowest BCUT2D eigenvalue weighted by Crippen LogP contribution is -2.25. The van der Waals surface area contributed by atoms with Gasteiger partial charge in [0.05, 0.1) is 5.02 Å². The van der Waals surface area contributed by atoms with E-state index in [2.05, 4.69) is 31.4 Å². The van der Waals surface area contributed by atoms with E-state index in [0.29, 0.717) is 23.8 Å². The molecule has 0 amide bonds. The van der Waals surface area contributed by atoms with Crippen LogP contribution in [0.4, 0.5) is 10.1 Å². The number of benzene rings is 1. The minimum Gasteiger partial charge on any atom is -0.409 e. The molecule has 134 valence electrons. The van der Waals surface area contributed by atoms with Gasteiger partial charge < -0.3 is 21.2 Å². The van der Waals surface area contributed by atoms with Crippen molar-refractivity contribution in [3.8, 4) is 0 Å². The summed E-state index contributed by atoms with van der Waals surface area (Å²) in [6.45, 7) is 3.29. The highest BCUT2D eigenvalue weighted by molar-refractivity contribution is 6.31. The second kappa shape index (κ2) is 8.24. The Morgan fingerprint density at radius 1 is 1.48 bits per heavy atom. The fraction of sp³-hybridized carbons (Fsp3) is 0.400. The molecule has 2 aromatic rings. The molecule has 0 radical (unpaired) electrons. The third-order valence-corrected chi connectivity index (χ3v) is 4.24. The summed E-state index contributed by atoms with van der Waals surface area (Å²) >= 11 is 5.75. The lowest BCUT2D eigenvalue weighted by molar-refractivity contribution is 0.300. The first-order valence-corrected chi connectivity index (χ1v) is 8.22. The quantitative estimate of drug-likeness (QED) is 0.266. The summed E-state index contributed by atoms with van der Waals surface area (Å²) in [5.74, 6) is 0.0705. The van der Waals surface area contributed by atoms with Crippen molar-refractivity contribution < 1.29 is 14.2 Å². The summed E-state index contributed by atoms with van der Waals surface area (Å²) in [6.07, 6.45) is 1.13. The minimum absolute atomic E-state index is 0.0308. The highest BCUT2D eigenvalue weighted by Gasteiger charge is 2.19. The summed E-state index contributed by atoms with van der Waals surface area (Å²) < 4.78 is 18.0.